The molecular formula is C19H17FN2O3. The number of nitrogens with zero attached hydrogens (tertiary/aromatic N) is 1. The van der Waals surface area contributed by atoms with Crippen LogP contribution in [-0.4, -0.2) is 25.2 Å². The van der Waals surface area contributed by atoms with Crippen molar-refractivity contribution in [3.8, 4) is 17.6 Å². The Morgan fingerprint density at radius 3 is 2.84 bits per heavy atom. The summed E-state index contributed by atoms with van der Waals surface area (Å²) in [5.74, 6) is 0.0958. The molecule has 1 heterocycles. The summed E-state index contributed by atoms with van der Waals surface area (Å²) in [6.07, 6.45) is 0.0121. The second kappa shape index (κ2) is 7.67. The Kier molecular flexibility index (Phi) is 5.14. The summed E-state index contributed by atoms with van der Waals surface area (Å²) in [6, 6.07) is 14.0. The van der Waals surface area contributed by atoms with Crippen molar-refractivity contribution in [1.29, 1.82) is 5.26 Å². The molecule has 1 unspecified atom stereocenters. The van der Waals surface area contributed by atoms with E-state index in [0.29, 0.717) is 37.3 Å². The molecule has 1 aliphatic heterocycles. The maximum atomic E-state index is 13.6. The molecule has 25 heavy (non-hydrogen) atoms. The van der Waals surface area contributed by atoms with Crippen LogP contribution in [0, 0.1) is 17.1 Å². The smallest absolute Gasteiger partial charge is 0.261 e. The number of amides is 1. The van der Waals surface area contributed by atoms with Gasteiger partial charge in [-0.25, -0.2) is 4.39 Å². The number of nitriles is 1. The van der Waals surface area contributed by atoms with Gasteiger partial charge in [-0.1, -0.05) is 24.3 Å². The number of hydrogen-bond acceptors (Lipinski definition) is 4. The van der Waals surface area contributed by atoms with Crippen LogP contribution in [0.5, 0.6) is 11.5 Å². The molecule has 0 radical (unpaired) electrons. The normalized spacial score (nSPS) is 15.0. The number of para-hydroxylation sites is 1. The predicted octanol–water partition coefficient (Wildman–Crippen LogP) is 2.39. The average Bonchev–Trinajstić information content (AvgIpc) is 3.06. The van der Waals surface area contributed by atoms with E-state index in [2.05, 4.69) is 11.4 Å². The van der Waals surface area contributed by atoms with Crippen LogP contribution in [-0.2, 0) is 17.6 Å². The van der Waals surface area contributed by atoms with Crippen LogP contribution >= 0.6 is 0 Å². The number of carbonyl (C=O) groups excluding carboxylic acids is 1. The van der Waals surface area contributed by atoms with Crippen molar-refractivity contribution in [3.63, 3.8) is 0 Å². The van der Waals surface area contributed by atoms with Gasteiger partial charge in [0, 0.05) is 12.0 Å². The standard InChI is InChI=1S/C19H17FN2O3/c20-16-3-1-2-14-12-17(25-18(14)16)19(23)22-10-11-24-15-6-4-13(5-7-15)8-9-21/h1-7,17H,8,10-12H2,(H,22,23). The van der Waals surface area contributed by atoms with Crippen molar-refractivity contribution in [1.82, 2.24) is 5.32 Å². The second-order valence-electron chi connectivity index (χ2n) is 5.66. The zero-order chi connectivity index (χ0) is 17.6. The lowest BCUT2D eigenvalue weighted by Gasteiger charge is -2.12. The summed E-state index contributed by atoms with van der Waals surface area (Å²) in [5, 5.41) is 11.4. The van der Waals surface area contributed by atoms with Gasteiger partial charge in [0.05, 0.1) is 19.0 Å². The lowest BCUT2D eigenvalue weighted by atomic mass is 10.1. The summed E-state index contributed by atoms with van der Waals surface area (Å²) in [7, 11) is 0. The molecule has 1 amide bonds. The maximum absolute atomic E-state index is 13.6. The van der Waals surface area contributed by atoms with Crippen molar-refractivity contribution in [3.05, 3.63) is 59.4 Å². The van der Waals surface area contributed by atoms with E-state index in [9.17, 15) is 9.18 Å². The lowest BCUT2D eigenvalue weighted by Crippen LogP contribution is -2.39. The van der Waals surface area contributed by atoms with E-state index in [0.717, 1.165) is 5.56 Å². The molecule has 0 saturated heterocycles. The lowest BCUT2D eigenvalue weighted by molar-refractivity contribution is -0.127. The molecule has 0 aliphatic carbocycles. The topological polar surface area (TPSA) is 71.3 Å². The van der Waals surface area contributed by atoms with Gasteiger partial charge in [0.1, 0.15) is 12.4 Å². The van der Waals surface area contributed by atoms with E-state index < -0.39 is 11.9 Å². The quantitative estimate of drug-likeness (QED) is 0.820. The number of halogens is 1. The molecule has 1 atom stereocenters. The van der Waals surface area contributed by atoms with Gasteiger partial charge in [0.2, 0.25) is 0 Å². The Bertz CT molecular complexity index is 799. The number of benzene rings is 2. The Morgan fingerprint density at radius 2 is 2.12 bits per heavy atom. The van der Waals surface area contributed by atoms with Crippen LogP contribution in [0.2, 0.25) is 0 Å². The molecule has 0 fully saturated rings. The first-order chi connectivity index (χ1) is 12.2. The minimum absolute atomic E-state index is 0.163. The van der Waals surface area contributed by atoms with Crippen molar-refractivity contribution in [2.45, 2.75) is 18.9 Å². The molecule has 0 saturated carbocycles. The largest absolute Gasteiger partial charge is 0.492 e. The fraction of sp³-hybridized carbons (Fsp3) is 0.263. The van der Waals surface area contributed by atoms with E-state index in [1.807, 2.05) is 12.1 Å². The van der Waals surface area contributed by atoms with Gasteiger partial charge in [-0.3, -0.25) is 4.79 Å². The average molecular weight is 340 g/mol. The Labute approximate surface area is 145 Å². The molecular weight excluding hydrogens is 323 g/mol. The van der Waals surface area contributed by atoms with Crippen LogP contribution in [0.15, 0.2) is 42.5 Å². The van der Waals surface area contributed by atoms with E-state index in [-0.39, 0.29) is 11.7 Å². The molecule has 0 aromatic heterocycles. The number of rotatable bonds is 6. The maximum Gasteiger partial charge on any atom is 0.261 e. The monoisotopic (exact) mass is 340 g/mol. The Balaban J connectivity index is 1.42. The van der Waals surface area contributed by atoms with E-state index in [1.165, 1.54) is 6.07 Å². The van der Waals surface area contributed by atoms with Crippen LogP contribution in [0.3, 0.4) is 0 Å². The van der Waals surface area contributed by atoms with Crippen LogP contribution < -0.4 is 14.8 Å². The predicted molar refractivity (Wildman–Crippen MR) is 88.8 cm³/mol. The first kappa shape index (κ1) is 16.8. The summed E-state index contributed by atoms with van der Waals surface area (Å²) >= 11 is 0. The highest BCUT2D eigenvalue weighted by molar-refractivity contribution is 5.82. The van der Waals surface area contributed by atoms with E-state index in [1.54, 1.807) is 24.3 Å². The molecule has 1 aliphatic rings. The number of ether oxygens (including phenoxy) is 2. The molecule has 0 spiro atoms. The number of hydrogen-bond donors (Lipinski definition) is 1. The van der Waals surface area contributed by atoms with Crippen LogP contribution in [0.1, 0.15) is 11.1 Å². The van der Waals surface area contributed by atoms with Crippen LogP contribution in [0.4, 0.5) is 4.39 Å². The van der Waals surface area contributed by atoms with Crippen LogP contribution in [0.25, 0.3) is 0 Å². The van der Waals surface area contributed by atoms with Gasteiger partial charge < -0.3 is 14.8 Å². The van der Waals surface area contributed by atoms with Crippen molar-refractivity contribution in [2.24, 2.45) is 0 Å². The fourth-order valence-corrected chi connectivity index (χ4v) is 2.63. The summed E-state index contributed by atoms with van der Waals surface area (Å²) in [6.45, 7) is 0.620. The highest BCUT2D eigenvalue weighted by atomic mass is 19.1. The number of fused-ring (bicyclic) bond motifs is 1. The Hall–Kier alpha value is -3.07. The van der Waals surface area contributed by atoms with Gasteiger partial charge in [0.25, 0.3) is 5.91 Å². The molecule has 0 bridgehead atoms. The SMILES string of the molecule is N#CCc1ccc(OCCNC(=O)C2Cc3cccc(F)c3O2)cc1. The highest BCUT2D eigenvalue weighted by Crippen LogP contribution is 2.31. The van der Waals surface area contributed by atoms with Crippen molar-refractivity contribution in [2.75, 3.05) is 13.2 Å². The molecule has 5 nitrogen and oxygen atoms in total. The first-order valence-electron chi connectivity index (χ1n) is 7.98. The van der Waals surface area contributed by atoms with E-state index >= 15 is 0 Å². The zero-order valence-electron chi connectivity index (χ0n) is 13.5. The number of carbonyl (C=O) groups is 1. The first-order valence-corrected chi connectivity index (χ1v) is 7.98. The summed E-state index contributed by atoms with van der Waals surface area (Å²) < 4.78 is 24.5. The van der Waals surface area contributed by atoms with Gasteiger partial charge in [0.15, 0.2) is 17.7 Å². The molecule has 3 rings (SSSR count). The van der Waals surface area contributed by atoms with Crippen molar-refractivity contribution >= 4 is 5.91 Å². The third-order valence-corrected chi connectivity index (χ3v) is 3.88. The molecule has 2 aromatic rings. The summed E-state index contributed by atoms with van der Waals surface area (Å²) in [4.78, 5) is 12.1. The Morgan fingerprint density at radius 1 is 1.32 bits per heavy atom. The van der Waals surface area contributed by atoms with Gasteiger partial charge >= 0.3 is 0 Å². The third kappa shape index (κ3) is 4.07. The van der Waals surface area contributed by atoms with Gasteiger partial charge in [-0.15, -0.1) is 0 Å². The molecule has 2 aromatic carbocycles. The zero-order valence-corrected chi connectivity index (χ0v) is 13.5. The van der Waals surface area contributed by atoms with Crippen molar-refractivity contribution < 1.29 is 18.7 Å². The molecule has 6 heteroatoms. The van der Waals surface area contributed by atoms with Gasteiger partial charge in [-0.2, -0.15) is 5.26 Å². The summed E-state index contributed by atoms with van der Waals surface area (Å²) in [5.41, 5.74) is 1.63. The number of nitrogens with one attached hydrogen (secondary N) is 1. The third-order valence-electron chi connectivity index (χ3n) is 3.88. The fourth-order valence-electron chi connectivity index (χ4n) is 2.63. The second-order valence-corrected chi connectivity index (χ2v) is 5.66. The molecule has 128 valence electrons. The molecule has 1 N–H and O–H groups in total. The minimum atomic E-state index is -0.711. The minimum Gasteiger partial charge on any atom is -0.492 e. The van der Waals surface area contributed by atoms with E-state index in [4.69, 9.17) is 14.7 Å². The highest BCUT2D eigenvalue weighted by Gasteiger charge is 2.30. The van der Waals surface area contributed by atoms with Gasteiger partial charge in [-0.05, 0) is 23.8 Å².